The van der Waals surface area contributed by atoms with E-state index in [1.807, 2.05) is 48.8 Å². The highest BCUT2D eigenvalue weighted by molar-refractivity contribution is 6.11. The molecule has 0 saturated carbocycles. The van der Waals surface area contributed by atoms with E-state index in [9.17, 15) is 0 Å². The molecule has 0 aliphatic rings. The average Bonchev–Trinajstić information content (AvgIpc) is 3.48. The second-order valence-corrected chi connectivity index (χ2v) is 11.3. The van der Waals surface area contributed by atoms with Crippen molar-refractivity contribution in [3.05, 3.63) is 146 Å². The van der Waals surface area contributed by atoms with Crippen molar-refractivity contribution in [1.29, 1.82) is 0 Å². The highest BCUT2D eigenvalue weighted by Crippen LogP contribution is 2.38. The summed E-state index contributed by atoms with van der Waals surface area (Å²) >= 11 is 0. The van der Waals surface area contributed by atoms with Gasteiger partial charge < -0.3 is 9.80 Å². The zero-order valence-electron chi connectivity index (χ0n) is 25.9. The molecule has 4 heterocycles. The predicted molar refractivity (Wildman–Crippen MR) is 190 cm³/mol. The summed E-state index contributed by atoms with van der Waals surface area (Å²) in [6, 6.07) is 41.9. The van der Waals surface area contributed by atoms with Crippen molar-refractivity contribution in [1.82, 2.24) is 29.7 Å². The van der Waals surface area contributed by atoms with Gasteiger partial charge in [-0.1, -0.05) is 48.5 Å². The molecule has 0 atom stereocenters. The molecule has 0 N–H and O–H groups in total. The van der Waals surface area contributed by atoms with E-state index in [1.165, 1.54) is 0 Å². The Morgan fingerprint density at radius 3 is 1.47 bits per heavy atom. The van der Waals surface area contributed by atoms with E-state index in [2.05, 4.69) is 139 Å². The zero-order chi connectivity index (χ0) is 31.7. The summed E-state index contributed by atoms with van der Waals surface area (Å²) in [5.41, 5.74) is 10.2. The number of fused-ring (bicyclic) bond motifs is 3. The van der Waals surface area contributed by atoms with Crippen LogP contribution < -0.4 is 9.80 Å². The largest absolute Gasteiger partial charge is 0.345 e. The van der Waals surface area contributed by atoms with Crippen LogP contribution in [0.25, 0.3) is 50.3 Å². The Labute approximate surface area is 272 Å². The molecular weight excluding hydrogens is 580 g/mol. The molecule has 4 aromatic heterocycles. The predicted octanol–water partition coefficient (Wildman–Crippen LogP) is 8.63. The second kappa shape index (κ2) is 11.8. The minimum atomic E-state index is 0.515. The molecule has 0 saturated heterocycles. The van der Waals surface area contributed by atoms with Gasteiger partial charge in [0.1, 0.15) is 0 Å². The van der Waals surface area contributed by atoms with E-state index in [-0.39, 0.29) is 0 Å². The van der Waals surface area contributed by atoms with Crippen LogP contribution in [0.2, 0.25) is 0 Å². The van der Waals surface area contributed by atoms with Gasteiger partial charge in [0.2, 0.25) is 0 Å². The molecule has 8 rings (SSSR count). The molecular formula is C39H30N8. The SMILES string of the molecule is CN(c1cccc(-c2ccccn2)c1)c1ccc2c3ccc(N(C)c4cccc(-c5ccccn5)c4)cc3n(-c3nccnn3)c2c1. The van der Waals surface area contributed by atoms with Crippen molar-refractivity contribution < 1.29 is 0 Å². The number of nitrogens with zero attached hydrogens (tertiary/aromatic N) is 8. The van der Waals surface area contributed by atoms with Crippen LogP contribution in [0.1, 0.15) is 0 Å². The van der Waals surface area contributed by atoms with Crippen LogP contribution in [0.15, 0.2) is 146 Å². The fraction of sp³-hybridized carbons (Fsp3) is 0.0513. The van der Waals surface area contributed by atoms with E-state index < -0.39 is 0 Å². The third kappa shape index (κ3) is 5.21. The lowest BCUT2D eigenvalue weighted by Gasteiger charge is -2.21. The Morgan fingerprint density at radius 2 is 1.00 bits per heavy atom. The molecule has 8 nitrogen and oxygen atoms in total. The minimum absolute atomic E-state index is 0.515. The van der Waals surface area contributed by atoms with Crippen molar-refractivity contribution in [3.63, 3.8) is 0 Å². The molecule has 0 radical (unpaired) electrons. The fourth-order valence-corrected chi connectivity index (χ4v) is 6.08. The monoisotopic (exact) mass is 610 g/mol. The topological polar surface area (TPSA) is 75.9 Å². The second-order valence-electron chi connectivity index (χ2n) is 11.3. The first-order valence-electron chi connectivity index (χ1n) is 15.4. The van der Waals surface area contributed by atoms with Gasteiger partial charge in [-0.15, -0.1) is 5.10 Å². The van der Waals surface area contributed by atoms with Crippen molar-refractivity contribution >= 4 is 44.6 Å². The third-order valence-corrected chi connectivity index (χ3v) is 8.57. The molecule has 0 aliphatic heterocycles. The van der Waals surface area contributed by atoms with E-state index >= 15 is 0 Å². The maximum atomic E-state index is 4.63. The van der Waals surface area contributed by atoms with E-state index in [1.54, 1.807) is 12.4 Å². The van der Waals surface area contributed by atoms with Crippen LogP contribution in [0.3, 0.4) is 0 Å². The molecule has 0 bridgehead atoms. The Balaban J connectivity index is 1.23. The van der Waals surface area contributed by atoms with Crippen molar-refractivity contribution in [2.45, 2.75) is 0 Å². The summed E-state index contributed by atoms with van der Waals surface area (Å²) in [7, 11) is 4.16. The number of pyridine rings is 2. The fourth-order valence-electron chi connectivity index (χ4n) is 6.08. The lowest BCUT2D eigenvalue weighted by atomic mass is 10.1. The van der Waals surface area contributed by atoms with E-state index in [0.717, 1.165) is 67.1 Å². The van der Waals surface area contributed by atoms with E-state index in [0.29, 0.717) is 5.95 Å². The Morgan fingerprint density at radius 1 is 0.468 bits per heavy atom. The summed E-state index contributed by atoms with van der Waals surface area (Å²) in [5.74, 6) is 0.515. The smallest absolute Gasteiger partial charge is 0.254 e. The quantitative estimate of drug-likeness (QED) is 0.179. The maximum absolute atomic E-state index is 4.63. The average molecular weight is 611 g/mol. The van der Waals surface area contributed by atoms with Crippen LogP contribution in [0, 0.1) is 0 Å². The van der Waals surface area contributed by atoms with Crippen molar-refractivity contribution in [3.8, 4) is 28.5 Å². The molecule has 4 aromatic carbocycles. The maximum Gasteiger partial charge on any atom is 0.254 e. The first-order chi connectivity index (χ1) is 23.1. The van der Waals surface area contributed by atoms with Crippen LogP contribution in [-0.4, -0.2) is 43.8 Å². The van der Waals surface area contributed by atoms with Crippen LogP contribution in [0.5, 0.6) is 0 Å². The third-order valence-electron chi connectivity index (χ3n) is 8.57. The number of rotatable bonds is 7. The molecule has 8 aromatic rings. The highest BCUT2D eigenvalue weighted by Gasteiger charge is 2.18. The van der Waals surface area contributed by atoms with Gasteiger partial charge in [0.05, 0.1) is 34.8 Å². The van der Waals surface area contributed by atoms with Gasteiger partial charge in [-0.25, -0.2) is 4.98 Å². The van der Waals surface area contributed by atoms with E-state index in [4.69, 9.17) is 0 Å². The molecule has 0 aliphatic carbocycles. The van der Waals surface area contributed by atoms with Crippen LogP contribution in [0.4, 0.5) is 22.7 Å². The molecule has 0 unspecified atom stereocenters. The molecule has 47 heavy (non-hydrogen) atoms. The van der Waals surface area contributed by atoms with Gasteiger partial charge in [-0.05, 0) is 72.8 Å². The molecule has 0 amide bonds. The van der Waals surface area contributed by atoms with Gasteiger partial charge in [-0.3, -0.25) is 14.5 Å². The highest BCUT2D eigenvalue weighted by atomic mass is 15.3. The van der Waals surface area contributed by atoms with Gasteiger partial charge in [0.25, 0.3) is 5.95 Å². The summed E-state index contributed by atoms with van der Waals surface area (Å²) in [6.07, 6.45) is 6.92. The zero-order valence-corrected chi connectivity index (χ0v) is 25.9. The number of benzene rings is 4. The number of hydrogen-bond acceptors (Lipinski definition) is 7. The summed E-state index contributed by atoms with van der Waals surface area (Å²) in [6.45, 7) is 0. The minimum Gasteiger partial charge on any atom is -0.345 e. The summed E-state index contributed by atoms with van der Waals surface area (Å²) in [5, 5.41) is 10.8. The Kier molecular flexibility index (Phi) is 7.07. The standard InChI is InChI=1S/C39H30N8/c1-45(29-11-7-9-27(23-29)35-13-3-5-19-40-35)31-15-17-33-34-18-16-32(26-38(34)47(37(33)25-31)39-42-21-22-43-44-39)46(2)30-12-8-10-28(24-30)36-14-4-6-20-41-36/h3-26H,1-2H3. The lowest BCUT2D eigenvalue weighted by Crippen LogP contribution is -2.10. The number of hydrogen-bond donors (Lipinski definition) is 0. The molecule has 8 heteroatoms. The molecule has 226 valence electrons. The number of anilines is 4. The van der Waals surface area contributed by atoms with Gasteiger partial charge in [-0.2, -0.15) is 5.10 Å². The summed E-state index contributed by atoms with van der Waals surface area (Å²) in [4.78, 5) is 18.1. The van der Waals surface area contributed by atoms with Gasteiger partial charge in [0.15, 0.2) is 0 Å². The van der Waals surface area contributed by atoms with Gasteiger partial charge in [0, 0.05) is 71.1 Å². The lowest BCUT2D eigenvalue weighted by molar-refractivity contribution is 0.887. The van der Waals surface area contributed by atoms with Crippen molar-refractivity contribution in [2.75, 3.05) is 23.9 Å². The van der Waals surface area contributed by atoms with Gasteiger partial charge >= 0.3 is 0 Å². The Bertz CT molecular complexity index is 2190. The Hall–Kier alpha value is -6.41. The normalized spacial score (nSPS) is 11.2. The first kappa shape index (κ1) is 28.1. The molecule has 0 fully saturated rings. The molecule has 0 spiro atoms. The number of aromatic nitrogens is 6. The van der Waals surface area contributed by atoms with Crippen molar-refractivity contribution in [2.24, 2.45) is 0 Å². The van der Waals surface area contributed by atoms with Crippen LogP contribution in [-0.2, 0) is 0 Å². The van der Waals surface area contributed by atoms with Crippen LogP contribution >= 0.6 is 0 Å². The first-order valence-corrected chi connectivity index (χ1v) is 15.4. The summed E-state index contributed by atoms with van der Waals surface area (Å²) < 4.78 is 2.10.